The predicted octanol–water partition coefficient (Wildman–Crippen LogP) is 14.2. The van der Waals surface area contributed by atoms with Gasteiger partial charge >= 0.3 is 0 Å². The fraction of sp³-hybridized carbons (Fsp3) is 0. The molecule has 0 saturated carbocycles. The standard InChI is InChI=1S/C50H32O/c1-5-15-33(16-6-1)37-25-27-41-44(29-37)48(35-19-9-3-10-20-35)42-28-26-38(30-45(42)49(41)36-21-11-4-12-22-36)43-31-39(34-17-7-2-8-18-34)32-46-40-23-13-14-24-47(40)51-50(43)46/h1-32H. The Hall–Kier alpha value is -6.70. The molecule has 0 unspecified atom stereocenters. The maximum Gasteiger partial charge on any atom is 0.143 e. The van der Waals surface area contributed by atoms with Crippen molar-refractivity contribution >= 4 is 43.5 Å². The van der Waals surface area contributed by atoms with Gasteiger partial charge in [-0.25, -0.2) is 0 Å². The molecule has 1 nitrogen and oxygen atoms in total. The van der Waals surface area contributed by atoms with E-state index in [0.717, 1.165) is 33.1 Å². The molecular formula is C50H32O. The molecule has 1 heteroatoms. The van der Waals surface area contributed by atoms with E-state index in [-0.39, 0.29) is 0 Å². The summed E-state index contributed by atoms with van der Waals surface area (Å²) in [5, 5.41) is 7.17. The summed E-state index contributed by atoms with van der Waals surface area (Å²) >= 11 is 0. The second-order valence-electron chi connectivity index (χ2n) is 13.2. The maximum absolute atomic E-state index is 6.67. The molecule has 1 heterocycles. The molecule has 51 heavy (non-hydrogen) atoms. The van der Waals surface area contributed by atoms with Crippen LogP contribution in [0.5, 0.6) is 0 Å². The van der Waals surface area contributed by atoms with Crippen molar-refractivity contribution in [1.82, 2.24) is 0 Å². The minimum Gasteiger partial charge on any atom is -0.455 e. The topological polar surface area (TPSA) is 13.1 Å². The van der Waals surface area contributed by atoms with Crippen molar-refractivity contribution in [3.8, 4) is 55.6 Å². The van der Waals surface area contributed by atoms with E-state index < -0.39 is 0 Å². The Morgan fingerprint density at radius 1 is 0.255 bits per heavy atom. The van der Waals surface area contributed by atoms with Crippen LogP contribution in [0.3, 0.4) is 0 Å². The Morgan fingerprint density at radius 3 is 1.29 bits per heavy atom. The van der Waals surface area contributed by atoms with Crippen molar-refractivity contribution in [3.05, 3.63) is 194 Å². The number of rotatable bonds is 5. The quantitative estimate of drug-likeness (QED) is 0.169. The number of benzene rings is 9. The van der Waals surface area contributed by atoms with E-state index in [1.165, 1.54) is 66.1 Å². The van der Waals surface area contributed by atoms with E-state index in [1.807, 2.05) is 6.07 Å². The molecule has 238 valence electrons. The van der Waals surface area contributed by atoms with Crippen LogP contribution in [0, 0.1) is 0 Å². The molecule has 0 bridgehead atoms. The fourth-order valence-electron chi connectivity index (χ4n) is 7.88. The molecule has 0 radical (unpaired) electrons. The third-order valence-electron chi connectivity index (χ3n) is 10.2. The Kier molecular flexibility index (Phi) is 6.89. The fourth-order valence-corrected chi connectivity index (χ4v) is 7.88. The second-order valence-corrected chi connectivity index (χ2v) is 13.2. The van der Waals surface area contributed by atoms with E-state index in [0.29, 0.717) is 0 Å². The van der Waals surface area contributed by atoms with Crippen LogP contribution < -0.4 is 0 Å². The van der Waals surface area contributed by atoms with E-state index in [2.05, 4.69) is 188 Å². The normalized spacial score (nSPS) is 11.5. The molecule has 10 rings (SSSR count). The lowest BCUT2D eigenvalue weighted by molar-refractivity contribution is 0.670. The van der Waals surface area contributed by atoms with Crippen molar-refractivity contribution in [1.29, 1.82) is 0 Å². The van der Waals surface area contributed by atoms with Crippen molar-refractivity contribution in [3.63, 3.8) is 0 Å². The van der Waals surface area contributed by atoms with Crippen LogP contribution in [0.25, 0.3) is 99.1 Å². The highest BCUT2D eigenvalue weighted by molar-refractivity contribution is 6.23. The lowest BCUT2D eigenvalue weighted by atomic mass is 9.83. The number of para-hydroxylation sites is 1. The van der Waals surface area contributed by atoms with Crippen LogP contribution in [0.4, 0.5) is 0 Å². The monoisotopic (exact) mass is 648 g/mol. The Bertz CT molecular complexity index is 2870. The molecular weight excluding hydrogens is 617 g/mol. The molecule has 0 N–H and O–H groups in total. The van der Waals surface area contributed by atoms with Crippen LogP contribution >= 0.6 is 0 Å². The summed E-state index contributed by atoms with van der Waals surface area (Å²) in [5.41, 5.74) is 13.7. The zero-order valence-electron chi connectivity index (χ0n) is 27.9. The number of furan rings is 1. The van der Waals surface area contributed by atoms with Gasteiger partial charge in [0.15, 0.2) is 0 Å². The largest absolute Gasteiger partial charge is 0.455 e. The molecule has 0 atom stereocenters. The molecule has 9 aromatic carbocycles. The smallest absolute Gasteiger partial charge is 0.143 e. The third kappa shape index (κ3) is 4.94. The van der Waals surface area contributed by atoms with Crippen molar-refractivity contribution in [2.45, 2.75) is 0 Å². The first-order valence-electron chi connectivity index (χ1n) is 17.5. The van der Waals surface area contributed by atoms with Gasteiger partial charge in [-0.3, -0.25) is 0 Å². The van der Waals surface area contributed by atoms with Crippen molar-refractivity contribution in [2.24, 2.45) is 0 Å². The Balaban J connectivity index is 1.32. The minimum atomic E-state index is 0.899. The first-order valence-corrected chi connectivity index (χ1v) is 17.5. The first kappa shape index (κ1) is 29.2. The molecule has 10 aromatic rings. The van der Waals surface area contributed by atoms with Gasteiger partial charge in [0.25, 0.3) is 0 Å². The number of fused-ring (bicyclic) bond motifs is 5. The van der Waals surface area contributed by atoms with E-state index in [4.69, 9.17) is 4.42 Å². The Morgan fingerprint density at radius 2 is 0.706 bits per heavy atom. The van der Waals surface area contributed by atoms with Gasteiger partial charge in [0.05, 0.1) is 0 Å². The number of hydrogen-bond acceptors (Lipinski definition) is 1. The summed E-state index contributed by atoms with van der Waals surface area (Å²) in [6.45, 7) is 0. The van der Waals surface area contributed by atoms with E-state index in [9.17, 15) is 0 Å². The third-order valence-corrected chi connectivity index (χ3v) is 10.2. The zero-order chi connectivity index (χ0) is 33.7. The summed E-state index contributed by atoms with van der Waals surface area (Å²) in [7, 11) is 0. The van der Waals surface area contributed by atoms with Crippen LogP contribution in [-0.2, 0) is 0 Å². The minimum absolute atomic E-state index is 0.899. The van der Waals surface area contributed by atoms with Gasteiger partial charge in [0.2, 0.25) is 0 Å². The van der Waals surface area contributed by atoms with Gasteiger partial charge < -0.3 is 4.42 Å². The first-order chi connectivity index (χ1) is 25.3. The van der Waals surface area contributed by atoms with E-state index in [1.54, 1.807) is 0 Å². The van der Waals surface area contributed by atoms with E-state index >= 15 is 0 Å². The number of hydrogen-bond donors (Lipinski definition) is 0. The van der Waals surface area contributed by atoms with Gasteiger partial charge in [0, 0.05) is 16.3 Å². The predicted molar refractivity (Wildman–Crippen MR) is 216 cm³/mol. The molecule has 0 aliphatic rings. The summed E-state index contributed by atoms with van der Waals surface area (Å²) in [5.74, 6) is 0. The van der Waals surface area contributed by atoms with Crippen molar-refractivity contribution in [2.75, 3.05) is 0 Å². The highest BCUT2D eigenvalue weighted by Gasteiger charge is 2.20. The molecule has 0 saturated heterocycles. The van der Waals surface area contributed by atoms with Gasteiger partial charge in [-0.1, -0.05) is 164 Å². The van der Waals surface area contributed by atoms with Crippen LogP contribution in [0.15, 0.2) is 199 Å². The molecule has 0 fully saturated rings. The van der Waals surface area contributed by atoms with Gasteiger partial charge in [-0.15, -0.1) is 0 Å². The van der Waals surface area contributed by atoms with Gasteiger partial charge in [-0.05, 0) is 102 Å². The molecule has 0 aliphatic heterocycles. The SMILES string of the molecule is c1ccc(-c2ccc3c(-c4ccccc4)c4cc(-c5cc(-c6ccccc6)cc6c5oc5ccccc56)ccc4c(-c4ccccc4)c3c2)cc1. The molecule has 0 amide bonds. The van der Waals surface area contributed by atoms with Crippen LogP contribution in [0.2, 0.25) is 0 Å². The second kappa shape index (κ2) is 12.0. The molecule has 0 aliphatic carbocycles. The molecule has 0 spiro atoms. The lowest BCUT2D eigenvalue weighted by Gasteiger charge is -2.20. The van der Waals surface area contributed by atoms with Crippen LogP contribution in [-0.4, -0.2) is 0 Å². The summed E-state index contributed by atoms with van der Waals surface area (Å²) in [6, 6.07) is 70.0. The average molecular weight is 649 g/mol. The summed E-state index contributed by atoms with van der Waals surface area (Å²) in [4.78, 5) is 0. The van der Waals surface area contributed by atoms with Crippen LogP contribution in [0.1, 0.15) is 0 Å². The zero-order valence-corrected chi connectivity index (χ0v) is 27.9. The summed E-state index contributed by atoms with van der Waals surface area (Å²) in [6.07, 6.45) is 0. The lowest BCUT2D eigenvalue weighted by Crippen LogP contribution is -1.93. The molecule has 1 aromatic heterocycles. The van der Waals surface area contributed by atoms with Gasteiger partial charge in [0.1, 0.15) is 11.2 Å². The maximum atomic E-state index is 6.67. The highest BCUT2D eigenvalue weighted by atomic mass is 16.3. The van der Waals surface area contributed by atoms with Crippen molar-refractivity contribution < 1.29 is 4.42 Å². The highest BCUT2D eigenvalue weighted by Crippen LogP contribution is 2.47. The van der Waals surface area contributed by atoms with Gasteiger partial charge in [-0.2, -0.15) is 0 Å². The Labute approximate surface area is 296 Å². The summed E-state index contributed by atoms with van der Waals surface area (Å²) < 4.78 is 6.67. The average Bonchev–Trinajstić information content (AvgIpc) is 3.59.